The SMILES string of the molecule is CCCOc1cccc(NCCN2CCN(C)CC2)c1N. The molecule has 2 rings (SSSR count). The summed E-state index contributed by atoms with van der Waals surface area (Å²) in [6, 6.07) is 5.92. The molecule has 1 fully saturated rings. The Bertz CT molecular complexity index is 430. The predicted octanol–water partition coefficient (Wildman–Crippen LogP) is 1.72. The molecule has 0 amide bonds. The molecule has 0 aromatic heterocycles. The number of hydrogen-bond donors (Lipinski definition) is 2. The molecule has 0 spiro atoms. The van der Waals surface area contributed by atoms with Crippen molar-refractivity contribution in [1.82, 2.24) is 9.80 Å². The minimum Gasteiger partial charge on any atom is -0.491 e. The molecule has 0 saturated carbocycles. The minimum atomic E-state index is 0.703. The molecule has 118 valence electrons. The first kappa shape index (κ1) is 15.9. The number of benzene rings is 1. The highest BCUT2D eigenvalue weighted by atomic mass is 16.5. The van der Waals surface area contributed by atoms with Crippen LogP contribution in [0.4, 0.5) is 11.4 Å². The Morgan fingerprint density at radius 3 is 2.71 bits per heavy atom. The van der Waals surface area contributed by atoms with Crippen molar-refractivity contribution in [3.05, 3.63) is 18.2 Å². The average molecular weight is 292 g/mol. The van der Waals surface area contributed by atoms with Crippen LogP contribution in [0.5, 0.6) is 5.75 Å². The van der Waals surface area contributed by atoms with Gasteiger partial charge in [-0.3, -0.25) is 4.90 Å². The second-order valence-electron chi connectivity index (χ2n) is 5.64. The van der Waals surface area contributed by atoms with Crippen molar-refractivity contribution < 1.29 is 4.74 Å². The molecule has 0 radical (unpaired) electrons. The molecule has 5 nitrogen and oxygen atoms in total. The van der Waals surface area contributed by atoms with Gasteiger partial charge in [0.25, 0.3) is 0 Å². The maximum absolute atomic E-state index is 6.15. The van der Waals surface area contributed by atoms with Crippen LogP contribution in [-0.2, 0) is 0 Å². The van der Waals surface area contributed by atoms with E-state index in [0.717, 1.165) is 57.1 Å². The Hall–Kier alpha value is -1.46. The van der Waals surface area contributed by atoms with Crippen LogP contribution in [0.1, 0.15) is 13.3 Å². The number of nitrogens with zero attached hydrogens (tertiary/aromatic N) is 2. The molecule has 5 heteroatoms. The summed E-state index contributed by atoms with van der Waals surface area (Å²) in [6.45, 7) is 9.35. The van der Waals surface area contributed by atoms with Gasteiger partial charge in [0.1, 0.15) is 5.75 Å². The summed E-state index contributed by atoms with van der Waals surface area (Å²) in [5.41, 5.74) is 7.84. The van der Waals surface area contributed by atoms with Gasteiger partial charge in [0, 0.05) is 39.3 Å². The number of piperazine rings is 1. The van der Waals surface area contributed by atoms with Crippen LogP contribution in [0.3, 0.4) is 0 Å². The van der Waals surface area contributed by atoms with Gasteiger partial charge in [-0.15, -0.1) is 0 Å². The van der Waals surface area contributed by atoms with Gasteiger partial charge in [-0.25, -0.2) is 0 Å². The molecule has 0 bridgehead atoms. The number of ether oxygens (including phenoxy) is 1. The number of nitrogen functional groups attached to an aromatic ring is 1. The van der Waals surface area contributed by atoms with Crippen molar-refractivity contribution in [1.29, 1.82) is 0 Å². The summed E-state index contributed by atoms with van der Waals surface area (Å²) >= 11 is 0. The maximum atomic E-state index is 6.15. The third-order valence-corrected chi connectivity index (χ3v) is 3.87. The van der Waals surface area contributed by atoms with Crippen LogP contribution in [0.15, 0.2) is 18.2 Å². The zero-order valence-electron chi connectivity index (χ0n) is 13.3. The van der Waals surface area contributed by atoms with E-state index in [2.05, 4.69) is 29.1 Å². The number of hydrogen-bond acceptors (Lipinski definition) is 5. The third kappa shape index (κ3) is 4.79. The van der Waals surface area contributed by atoms with Gasteiger partial charge in [0.15, 0.2) is 0 Å². The van der Waals surface area contributed by atoms with Crippen LogP contribution in [0.25, 0.3) is 0 Å². The molecule has 0 aliphatic carbocycles. The monoisotopic (exact) mass is 292 g/mol. The normalized spacial score (nSPS) is 16.9. The van der Waals surface area contributed by atoms with Crippen molar-refractivity contribution >= 4 is 11.4 Å². The van der Waals surface area contributed by atoms with Gasteiger partial charge in [0.2, 0.25) is 0 Å². The number of nitrogens with one attached hydrogen (secondary N) is 1. The van der Waals surface area contributed by atoms with Crippen molar-refractivity contribution in [2.45, 2.75) is 13.3 Å². The van der Waals surface area contributed by atoms with Gasteiger partial charge in [0.05, 0.1) is 18.0 Å². The highest BCUT2D eigenvalue weighted by Crippen LogP contribution is 2.29. The molecule has 0 unspecified atom stereocenters. The van der Waals surface area contributed by atoms with E-state index in [4.69, 9.17) is 10.5 Å². The van der Waals surface area contributed by atoms with E-state index in [9.17, 15) is 0 Å². The highest BCUT2D eigenvalue weighted by molar-refractivity contribution is 5.72. The second-order valence-corrected chi connectivity index (χ2v) is 5.64. The lowest BCUT2D eigenvalue weighted by Gasteiger charge is -2.32. The zero-order valence-corrected chi connectivity index (χ0v) is 13.3. The average Bonchev–Trinajstić information content (AvgIpc) is 2.50. The number of anilines is 2. The van der Waals surface area contributed by atoms with Gasteiger partial charge >= 0.3 is 0 Å². The largest absolute Gasteiger partial charge is 0.491 e. The fraction of sp³-hybridized carbons (Fsp3) is 0.625. The van der Waals surface area contributed by atoms with Crippen molar-refractivity contribution in [3.8, 4) is 5.75 Å². The zero-order chi connectivity index (χ0) is 15.1. The molecule has 1 aromatic rings. The minimum absolute atomic E-state index is 0.703. The van der Waals surface area contributed by atoms with E-state index >= 15 is 0 Å². The molecule has 21 heavy (non-hydrogen) atoms. The summed E-state index contributed by atoms with van der Waals surface area (Å²) in [6.07, 6.45) is 0.987. The lowest BCUT2D eigenvalue weighted by Crippen LogP contribution is -2.45. The predicted molar refractivity (Wildman–Crippen MR) is 89.1 cm³/mol. The van der Waals surface area contributed by atoms with Gasteiger partial charge in [-0.2, -0.15) is 0 Å². The first-order valence-corrected chi connectivity index (χ1v) is 7.86. The molecule has 1 heterocycles. The second kappa shape index (κ2) is 8.10. The van der Waals surface area contributed by atoms with E-state index in [-0.39, 0.29) is 0 Å². The number of rotatable bonds is 7. The molecular weight excluding hydrogens is 264 g/mol. The van der Waals surface area contributed by atoms with E-state index in [1.54, 1.807) is 0 Å². The Kier molecular flexibility index (Phi) is 6.14. The van der Waals surface area contributed by atoms with Crippen LogP contribution in [0, 0.1) is 0 Å². The summed E-state index contributed by atoms with van der Waals surface area (Å²) in [4.78, 5) is 4.86. The molecule has 1 aromatic carbocycles. The number of para-hydroxylation sites is 1. The topological polar surface area (TPSA) is 53.8 Å². The van der Waals surface area contributed by atoms with Crippen LogP contribution in [0.2, 0.25) is 0 Å². The van der Waals surface area contributed by atoms with E-state index in [1.807, 2.05) is 18.2 Å². The number of nitrogens with two attached hydrogens (primary N) is 1. The Labute approximate surface area is 128 Å². The lowest BCUT2D eigenvalue weighted by molar-refractivity contribution is 0.158. The smallest absolute Gasteiger partial charge is 0.144 e. The van der Waals surface area contributed by atoms with Crippen molar-refractivity contribution in [2.24, 2.45) is 0 Å². The molecule has 1 saturated heterocycles. The maximum Gasteiger partial charge on any atom is 0.144 e. The summed E-state index contributed by atoms with van der Waals surface area (Å²) in [7, 11) is 2.18. The molecule has 3 N–H and O–H groups in total. The molecule has 1 aliphatic rings. The quantitative estimate of drug-likeness (QED) is 0.750. The summed E-state index contributed by atoms with van der Waals surface area (Å²) < 4.78 is 5.65. The van der Waals surface area contributed by atoms with E-state index < -0.39 is 0 Å². The Morgan fingerprint density at radius 1 is 1.24 bits per heavy atom. The third-order valence-electron chi connectivity index (χ3n) is 3.87. The van der Waals surface area contributed by atoms with Gasteiger partial charge < -0.3 is 20.7 Å². The summed E-state index contributed by atoms with van der Waals surface area (Å²) in [5.74, 6) is 0.779. The summed E-state index contributed by atoms with van der Waals surface area (Å²) in [5, 5.41) is 3.43. The first-order chi connectivity index (χ1) is 10.2. The van der Waals surface area contributed by atoms with Gasteiger partial charge in [-0.05, 0) is 25.6 Å². The van der Waals surface area contributed by atoms with Crippen LogP contribution in [-0.4, -0.2) is 62.7 Å². The molecule has 0 atom stereocenters. The van der Waals surface area contributed by atoms with Crippen LogP contribution < -0.4 is 15.8 Å². The highest BCUT2D eigenvalue weighted by Gasteiger charge is 2.13. The molecular formula is C16H28N4O. The van der Waals surface area contributed by atoms with E-state index in [0.29, 0.717) is 12.3 Å². The first-order valence-electron chi connectivity index (χ1n) is 7.86. The number of likely N-dealkylation sites (N-methyl/N-ethyl adjacent to an activating group) is 1. The Morgan fingerprint density at radius 2 is 2.00 bits per heavy atom. The van der Waals surface area contributed by atoms with Crippen LogP contribution >= 0.6 is 0 Å². The van der Waals surface area contributed by atoms with E-state index in [1.165, 1.54) is 0 Å². The Balaban J connectivity index is 1.80. The fourth-order valence-electron chi connectivity index (χ4n) is 2.46. The van der Waals surface area contributed by atoms with Crippen molar-refractivity contribution in [2.75, 3.05) is 64.0 Å². The fourth-order valence-corrected chi connectivity index (χ4v) is 2.46. The lowest BCUT2D eigenvalue weighted by atomic mass is 10.2. The molecule has 1 aliphatic heterocycles. The standard InChI is InChI=1S/C16H28N4O/c1-3-13-21-15-6-4-5-14(16(15)17)18-7-8-20-11-9-19(2)10-12-20/h4-6,18H,3,7-13,17H2,1-2H3. The van der Waals surface area contributed by atoms with Crippen molar-refractivity contribution in [3.63, 3.8) is 0 Å². The van der Waals surface area contributed by atoms with Gasteiger partial charge in [-0.1, -0.05) is 13.0 Å².